The van der Waals surface area contributed by atoms with Crippen molar-refractivity contribution in [2.75, 3.05) is 39.8 Å². The Balaban J connectivity index is 1.74. The van der Waals surface area contributed by atoms with Gasteiger partial charge in [0.25, 0.3) is 0 Å². The average Bonchev–Trinajstić information content (AvgIpc) is 2.61. The molecule has 1 aliphatic rings. The van der Waals surface area contributed by atoms with Gasteiger partial charge in [0.1, 0.15) is 6.29 Å². The Labute approximate surface area is 139 Å². The van der Waals surface area contributed by atoms with E-state index in [9.17, 15) is 4.79 Å². The molecule has 1 aromatic heterocycles. The third-order valence-electron chi connectivity index (χ3n) is 4.67. The minimum atomic E-state index is 0.117. The molecule has 2 atom stereocenters. The van der Waals surface area contributed by atoms with Crippen molar-refractivity contribution < 1.29 is 9.53 Å². The molecule has 23 heavy (non-hydrogen) atoms. The van der Waals surface area contributed by atoms with Crippen LogP contribution in [0.15, 0.2) is 24.5 Å². The molecule has 1 fully saturated rings. The fraction of sp³-hybridized carbons (Fsp3) is 0.667. The second kappa shape index (κ2) is 9.75. The maximum atomic E-state index is 11.0. The summed E-state index contributed by atoms with van der Waals surface area (Å²) in [6.45, 7) is 8.19. The van der Waals surface area contributed by atoms with Gasteiger partial charge in [0.05, 0.1) is 6.10 Å². The molecule has 0 saturated carbocycles. The number of hydrogen-bond donors (Lipinski definition) is 0. The molecule has 1 aromatic rings. The molecule has 1 aliphatic heterocycles. The molecule has 0 aromatic carbocycles. The first-order chi connectivity index (χ1) is 11.2. The lowest BCUT2D eigenvalue weighted by Crippen LogP contribution is -2.48. The summed E-state index contributed by atoms with van der Waals surface area (Å²) >= 11 is 0. The van der Waals surface area contributed by atoms with Crippen molar-refractivity contribution in [2.45, 2.75) is 32.4 Å². The summed E-state index contributed by atoms with van der Waals surface area (Å²) < 4.78 is 5.59. The maximum absolute atomic E-state index is 11.0. The summed E-state index contributed by atoms with van der Waals surface area (Å²) in [6.07, 6.45) is 6.69. The van der Waals surface area contributed by atoms with Gasteiger partial charge in [-0.05, 0) is 24.5 Å². The van der Waals surface area contributed by atoms with Gasteiger partial charge in [0.2, 0.25) is 0 Å². The lowest BCUT2D eigenvalue weighted by Gasteiger charge is -2.36. The quantitative estimate of drug-likeness (QED) is 0.650. The molecule has 128 valence electrons. The Bertz CT molecular complexity index is 447. The van der Waals surface area contributed by atoms with Crippen LogP contribution in [0.25, 0.3) is 0 Å². The number of aldehydes is 1. The number of ether oxygens (including phenoxy) is 1. The molecule has 2 heterocycles. The van der Waals surface area contributed by atoms with E-state index in [1.165, 1.54) is 5.56 Å². The van der Waals surface area contributed by atoms with E-state index in [-0.39, 0.29) is 12.0 Å². The van der Waals surface area contributed by atoms with Crippen LogP contribution in [0.5, 0.6) is 0 Å². The van der Waals surface area contributed by atoms with E-state index in [2.05, 4.69) is 27.8 Å². The zero-order valence-corrected chi connectivity index (χ0v) is 14.4. The summed E-state index contributed by atoms with van der Waals surface area (Å²) in [4.78, 5) is 20.1. The van der Waals surface area contributed by atoms with Crippen molar-refractivity contribution in [2.24, 2.45) is 5.92 Å². The van der Waals surface area contributed by atoms with Crippen LogP contribution in [0.3, 0.4) is 0 Å². The number of carbonyl (C=O) groups is 1. The van der Waals surface area contributed by atoms with Gasteiger partial charge >= 0.3 is 0 Å². The number of pyridine rings is 1. The van der Waals surface area contributed by atoms with Gasteiger partial charge in [-0.15, -0.1) is 0 Å². The molecule has 2 rings (SSSR count). The largest absolute Gasteiger partial charge is 0.380 e. The lowest BCUT2D eigenvalue weighted by molar-refractivity contribution is -0.112. The Morgan fingerprint density at radius 1 is 1.30 bits per heavy atom. The highest BCUT2D eigenvalue weighted by atomic mass is 16.5. The number of piperazine rings is 1. The molecular weight excluding hydrogens is 290 g/mol. The molecule has 1 saturated heterocycles. The van der Waals surface area contributed by atoms with Crippen LogP contribution < -0.4 is 0 Å². The fourth-order valence-electron chi connectivity index (χ4n) is 3.07. The number of carbonyl (C=O) groups excluding carboxylic acids is 1. The highest BCUT2D eigenvalue weighted by molar-refractivity contribution is 5.53. The standard InChI is InChI=1S/C18H29N3O2/c1-3-16(15-22)11-18(23-2)14-21-9-7-20(8-10-21)13-17-5-4-6-19-12-17/h4-6,12,15-16,18H,3,7-11,13-14H2,1-2H3. The third-order valence-corrected chi connectivity index (χ3v) is 4.67. The van der Waals surface area contributed by atoms with Gasteiger partial charge in [-0.3, -0.25) is 14.8 Å². The highest BCUT2D eigenvalue weighted by Crippen LogP contribution is 2.14. The van der Waals surface area contributed by atoms with Gasteiger partial charge < -0.3 is 9.53 Å². The maximum Gasteiger partial charge on any atom is 0.123 e. The van der Waals surface area contributed by atoms with Crippen molar-refractivity contribution in [3.05, 3.63) is 30.1 Å². The minimum absolute atomic E-state index is 0.117. The van der Waals surface area contributed by atoms with Gasteiger partial charge in [-0.2, -0.15) is 0 Å². The SMILES string of the molecule is CCC(C=O)CC(CN1CCN(Cc2cccnc2)CC1)OC. The first-order valence-corrected chi connectivity index (χ1v) is 8.56. The van der Waals surface area contributed by atoms with Gasteiger partial charge in [0, 0.05) is 64.7 Å². The van der Waals surface area contributed by atoms with Gasteiger partial charge in [-0.1, -0.05) is 13.0 Å². The van der Waals surface area contributed by atoms with Crippen LogP contribution in [0.1, 0.15) is 25.3 Å². The Hall–Kier alpha value is -1.30. The predicted octanol–water partition coefficient (Wildman–Crippen LogP) is 1.83. The molecule has 2 unspecified atom stereocenters. The molecular formula is C18H29N3O2. The van der Waals surface area contributed by atoms with E-state index in [4.69, 9.17) is 4.74 Å². The molecule has 0 radical (unpaired) electrons. The predicted molar refractivity (Wildman–Crippen MR) is 91.2 cm³/mol. The zero-order chi connectivity index (χ0) is 16.5. The smallest absolute Gasteiger partial charge is 0.123 e. The summed E-state index contributed by atoms with van der Waals surface area (Å²) in [5, 5.41) is 0. The van der Waals surface area contributed by atoms with Crippen LogP contribution in [0.2, 0.25) is 0 Å². The minimum Gasteiger partial charge on any atom is -0.380 e. The van der Waals surface area contributed by atoms with Crippen molar-refractivity contribution in [1.82, 2.24) is 14.8 Å². The van der Waals surface area contributed by atoms with E-state index in [1.54, 1.807) is 7.11 Å². The van der Waals surface area contributed by atoms with E-state index in [0.29, 0.717) is 0 Å². The molecule has 5 nitrogen and oxygen atoms in total. The van der Waals surface area contributed by atoms with E-state index in [1.807, 2.05) is 18.5 Å². The van der Waals surface area contributed by atoms with Crippen molar-refractivity contribution in [1.29, 1.82) is 0 Å². The van der Waals surface area contributed by atoms with Crippen molar-refractivity contribution >= 4 is 6.29 Å². The van der Waals surface area contributed by atoms with Crippen LogP contribution in [-0.4, -0.2) is 67.0 Å². The number of nitrogens with zero attached hydrogens (tertiary/aromatic N) is 3. The molecule has 0 spiro atoms. The van der Waals surface area contributed by atoms with E-state index < -0.39 is 0 Å². The number of rotatable bonds is 9. The second-order valence-corrected chi connectivity index (χ2v) is 6.34. The van der Waals surface area contributed by atoms with Crippen LogP contribution in [-0.2, 0) is 16.1 Å². The molecule has 0 bridgehead atoms. The Morgan fingerprint density at radius 2 is 2.04 bits per heavy atom. The monoisotopic (exact) mass is 319 g/mol. The summed E-state index contributed by atoms with van der Waals surface area (Å²) in [5.74, 6) is 0.117. The topological polar surface area (TPSA) is 45.7 Å². The van der Waals surface area contributed by atoms with Crippen LogP contribution in [0, 0.1) is 5.92 Å². The van der Waals surface area contributed by atoms with Crippen molar-refractivity contribution in [3.63, 3.8) is 0 Å². The number of hydrogen-bond acceptors (Lipinski definition) is 5. The first kappa shape index (κ1) is 18.0. The molecule has 0 amide bonds. The molecule has 5 heteroatoms. The first-order valence-electron chi connectivity index (χ1n) is 8.56. The van der Waals surface area contributed by atoms with Crippen LogP contribution in [0.4, 0.5) is 0 Å². The lowest BCUT2D eigenvalue weighted by atomic mass is 10.00. The Morgan fingerprint density at radius 3 is 2.61 bits per heavy atom. The highest BCUT2D eigenvalue weighted by Gasteiger charge is 2.22. The van der Waals surface area contributed by atoms with Crippen molar-refractivity contribution in [3.8, 4) is 0 Å². The van der Waals surface area contributed by atoms with Gasteiger partial charge in [-0.25, -0.2) is 0 Å². The molecule has 0 aliphatic carbocycles. The van der Waals surface area contributed by atoms with Gasteiger partial charge in [0.15, 0.2) is 0 Å². The normalized spacial score (nSPS) is 19.4. The summed E-state index contributed by atoms with van der Waals surface area (Å²) in [7, 11) is 1.75. The van der Waals surface area contributed by atoms with E-state index in [0.717, 1.165) is 58.4 Å². The number of aromatic nitrogens is 1. The number of methoxy groups -OCH3 is 1. The van der Waals surface area contributed by atoms with E-state index >= 15 is 0 Å². The molecule has 0 N–H and O–H groups in total. The average molecular weight is 319 g/mol. The van der Waals surface area contributed by atoms with Crippen LogP contribution >= 0.6 is 0 Å². The summed E-state index contributed by atoms with van der Waals surface area (Å²) in [6, 6.07) is 4.12. The fourth-order valence-corrected chi connectivity index (χ4v) is 3.07. The third kappa shape index (κ3) is 6.01. The zero-order valence-electron chi connectivity index (χ0n) is 14.4. The second-order valence-electron chi connectivity index (χ2n) is 6.34. The Kier molecular flexibility index (Phi) is 7.65. The summed E-state index contributed by atoms with van der Waals surface area (Å²) in [5.41, 5.74) is 1.27.